The van der Waals surface area contributed by atoms with E-state index in [0.717, 1.165) is 22.7 Å². The topological polar surface area (TPSA) is 43.6 Å². The first kappa shape index (κ1) is 14.3. The Morgan fingerprint density at radius 3 is 3.04 bits per heavy atom. The maximum Gasteiger partial charge on any atom is 0.314 e. The molecule has 0 spiro atoms. The normalized spacial score (nSPS) is 16.4. The standard InChI is InChI=1S/C18H16N2O2S/c21-18(15-12-23-16-6-2-1-5-14(15)16)22-10-8-13-11-20-9-4-3-7-17(20)19-13/h1-7,9,11,15H,8,10,12H2/t15-/m0/s1. The van der Waals surface area contributed by atoms with Crippen LogP contribution in [0.5, 0.6) is 0 Å². The number of esters is 1. The molecule has 0 unspecified atom stereocenters. The quantitative estimate of drug-likeness (QED) is 0.691. The Balaban J connectivity index is 1.37. The molecule has 23 heavy (non-hydrogen) atoms. The van der Waals surface area contributed by atoms with E-state index in [1.807, 2.05) is 53.2 Å². The van der Waals surface area contributed by atoms with Gasteiger partial charge in [0.1, 0.15) is 5.65 Å². The summed E-state index contributed by atoms with van der Waals surface area (Å²) in [6.07, 6.45) is 4.57. The van der Waals surface area contributed by atoms with E-state index in [0.29, 0.717) is 13.0 Å². The molecular weight excluding hydrogens is 308 g/mol. The van der Waals surface area contributed by atoms with Crippen molar-refractivity contribution in [3.63, 3.8) is 0 Å². The summed E-state index contributed by atoms with van der Waals surface area (Å²) < 4.78 is 7.45. The zero-order valence-electron chi connectivity index (χ0n) is 12.5. The summed E-state index contributed by atoms with van der Waals surface area (Å²) in [6, 6.07) is 13.9. The van der Waals surface area contributed by atoms with Crippen molar-refractivity contribution in [3.8, 4) is 0 Å². The van der Waals surface area contributed by atoms with Crippen molar-refractivity contribution in [1.29, 1.82) is 0 Å². The van der Waals surface area contributed by atoms with E-state index in [1.165, 1.54) is 4.90 Å². The van der Waals surface area contributed by atoms with Gasteiger partial charge in [-0.05, 0) is 23.8 Å². The van der Waals surface area contributed by atoms with Crippen molar-refractivity contribution in [2.45, 2.75) is 17.2 Å². The summed E-state index contributed by atoms with van der Waals surface area (Å²) in [7, 11) is 0. The molecule has 0 radical (unpaired) electrons. The van der Waals surface area contributed by atoms with Gasteiger partial charge >= 0.3 is 5.97 Å². The predicted octanol–water partition coefficient (Wildman–Crippen LogP) is 3.31. The molecule has 0 bridgehead atoms. The fourth-order valence-corrected chi connectivity index (χ4v) is 4.04. The zero-order valence-corrected chi connectivity index (χ0v) is 13.3. The molecule has 4 nitrogen and oxygen atoms in total. The first-order valence-corrected chi connectivity index (χ1v) is 8.61. The van der Waals surface area contributed by atoms with Crippen molar-refractivity contribution in [3.05, 3.63) is 66.1 Å². The van der Waals surface area contributed by atoms with Gasteiger partial charge in [0.2, 0.25) is 0 Å². The molecule has 5 heteroatoms. The smallest absolute Gasteiger partial charge is 0.314 e. The lowest BCUT2D eigenvalue weighted by atomic mass is 10.0. The molecule has 3 heterocycles. The Labute approximate surface area is 138 Å². The van der Waals surface area contributed by atoms with Crippen LogP contribution in [-0.2, 0) is 16.0 Å². The second kappa shape index (κ2) is 6.08. The van der Waals surface area contributed by atoms with Gasteiger partial charge in [0.25, 0.3) is 0 Å². The van der Waals surface area contributed by atoms with Crippen LogP contribution in [0.4, 0.5) is 0 Å². The minimum absolute atomic E-state index is 0.133. The molecule has 0 amide bonds. The van der Waals surface area contributed by atoms with Gasteiger partial charge in [-0.15, -0.1) is 11.8 Å². The third kappa shape index (κ3) is 2.84. The van der Waals surface area contributed by atoms with Crippen molar-refractivity contribution < 1.29 is 9.53 Å². The number of thioether (sulfide) groups is 1. The number of nitrogens with zero attached hydrogens (tertiary/aromatic N) is 2. The summed E-state index contributed by atoms with van der Waals surface area (Å²) in [5.74, 6) is 0.496. The first-order valence-electron chi connectivity index (χ1n) is 7.62. The molecule has 4 rings (SSSR count). The molecule has 2 aromatic heterocycles. The molecule has 0 N–H and O–H groups in total. The largest absolute Gasteiger partial charge is 0.465 e. The van der Waals surface area contributed by atoms with E-state index in [-0.39, 0.29) is 11.9 Å². The molecule has 0 saturated heterocycles. The number of hydrogen-bond donors (Lipinski definition) is 0. The van der Waals surface area contributed by atoms with Crippen LogP contribution in [0.25, 0.3) is 5.65 Å². The summed E-state index contributed by atoms with van der Waals surface area (Å²) in [5, 5.41) is 0. The highest BCUT2D eigenvalue weighted by molar-refractivity contribution is 7.99. The molecule has 116 valence electrons. The van der Waals surface area contributed by atoms with E-state index in [2.05, 4.69) is 11.1 Å². The van der Waals surface area contributed by atoms with Crippen molar-refractivity contribution >= 4 is 23.4 Å². The van der Waals surface area contributed by atoms with E-state index in [1.54, 1.807) is 11.8 Å². The van der Waals surface area contributed by atoms with Gasteiger partial charge in [0.15, 0.2) is 0 Å². The number of aromatic nitrogens is 2. The maximum absolute atomic E-state index is 12.3. The highest BCUT2D eigenvalue weighted by atomic mass is 32.2. The lowest BCUT2D eigenvalue weighted by molar-refractivity contribution is -0.144. The number of imidazole rings is 1. The number of rotatable bonds is 4. The van der Waals surface area contributed by atoms with Crippen LogP contribution in [0.15, 0.2) is 59.8 Å². The Bertz CT molecular complexity index is 826. The molecular formula is C18H16N2O2S. The minimum atomic E-state index is -0.141. The average molecular weight is 324 g/mol. The van der Waals surface area contributed by atoms with Gasteiger partial charge in [-0.2, -0.15) is 0 Å². The number of pyridine rings is 1. The second-order valence-electron chi connectivity index (χ2n) is 5.52. The predicted molar refractivity (Wildman–Crippen MR) is 89.8 cm³/mol. The Morgan fingerprint density at radius 2 is 2.13 bits per heavy atom. The number of hydrogen-bond acceptors (Lipinski definition) is 4. The van der Waals surface area contributed by atoms with Crippen LogP contribution >= 0.6 is 11.8 Å². The molecule has 3 aromatic rings. The SMILES string of the molecule is O=C(OCCc1cn2ccccc2n1)[C@H]1CSc2ccccc21. The summed E-state index contributed by atoms with van der Waals surface area (Å²) in [4.78, 5) is 18.0. The number of benzene rings is 1. The minimum Gasteiger partial charge on any atom is -0.465 e. The highest BCUT2D eigenvalue weighted by Crippen LogP contribution is 2.39. The molecule has 1 aromatic carbocycles. The monoisotopic (exact) mass is 324 g/mol. The number of carbonyl (C=O) groups excluding carboxylic acids is 1. The van der Waals surface area contributed by atoms with Gasteiger partial charge in [-0.25, -0.2) is 4.98 Å². The van der Waals surface area contributed by atoms with E-state index >= 15 is 0 Å². The van der Waals surface area contributed by atoms with Gasteiger partial charge < -0.3 is 9.14 Å². The van der Waals surface area contributed by atoms with Gasteiger partial charge in [0.05, 0.1) is 18.2 Å². The lowest BCUT2D eigenvalue weighted by Gasteiger charge is -2.10. The van der Waals surface area contributed by atoms with Gasteiger partial charge in [0, 0.05) is 29.5 Å². The zero-order chi connectivity index (χ0) is 15.6. The Hall–Kier alpha value is -2.27. The fraction of sp³-hybridized carbons (Fsp3) is 0.222. The van der Waals surface area contributed by atoms with Crippen LogP contribution in [0.1, 0.15) is 17.2 Å². The van der Waals surface area contributed by atoms with Crippen molar-refractivity contribution in [2.24, 2.45) is 0 Å². The highest BCUT2D eigenvalue weighted by Gasteiger charge is 2.30. The third-order valence-corrected chi connectivity index (χ3v) is 5.18. The summed E-state index contributed by atoms with van der Waals surface area (Å²) in [5.41, 5.74) is 2.94. The molecule has 1 aliphatic rings. The van der Waals surface area contributed by atoms with E-state index in [9.17, 15) is 4.79 Å². The molecule has 0 fully saturated rings. The van der Waals surface area contributed by atoms with Crippen LogP contribution in [0.2, 0.25) is 0 Å². The molecule has 1 atom stereocenters. The van der Waals surface area contributed by atoms with Crippen LogP contribution in [0.3, 0.4) is 0 Å². The maximum atomic E-state index is 12.3. The number of fused-ring (bicyclic) bond motifs is 2. The molecule has 1 aliphatic heterocycles. The Kier molecular flexibility index (Phi) is 3.79. The second-order valence-corrected chi connectivity index (χ2v) is 6.58. The van der Waals surface area contributed by atoms with E-state index < -0.39 is 0 Å². The Morgan fingerprint density at radius 1 is 1.26 bits per heavy atom. The summed E-state index contributed by atoms with van der Waals surface area (Å²) >= 11 is 1.72. The summed E-state index contributed by atoms with van der Waals surface area (Å²) in [6.45, 7) is 0.367. The first-order chi connectivity index (χ1) is 11.3. The molecule has 0 saturated carbocycles. The van der Waals surface area contributed by atoms with E-state index in [4.69, 9.17) is 4.74 Å². The molecule has 0 aliphatic carbocycles. The van der Waals surface area contributed by atoms with Crippen LogP contribution in [0, 0.1) is 0 Å². The van der Waals surface area contributed by atoms with Crippen LogP contribution < -0.4 is 0 Å². The van der Waals surface area contributed by atoms with Gasteiger partial charge in [-0.1, -0.05) is 24.3 Å². The van der Waals surface area contributed by atoms with Gasteiger partial charge in [-0.3, -0.25) is 4.79 Å². The third-order valence-electron chi connectivity index (χ3n) is 4.00. The number of ether oxygens (including phenoxy) is 1. The number of carbonyl (C=O) groups is 1. The fourth-order valence-electron chi connectivity index (χ4n) is 2.82. The average Bonchev–Trinajstić information content (AvgIpc) is 3.18. The van der Waals surface area contributed by atoms with Crippen molar-refractivity contribution in [2.75, 3.05) is 12.4 Å². The van der Waals surface area contributed by atoms with Crippen LogP contribution in [-0.4, -0.2) is 27.7 Å². The lowest BCUT2D eigenvalue weighted by Crippen LogP contribution is -2.17. The van der Waals surface area contributed by atoms with Crippen molar-refractivity contribution in [1.82, 2.24) is 9.38 Å².